The summed E-state index contributed by atoms with van der Waals surface area (Å²) in [7, 11) is 0. The van der Waals surface area contributed by atoms with Gasteiger partial charge in [-0.3, -0.25) is 0 Å². The Hall–Kier alpha value is -1.39. The first kappa shape index (κ1) is 11.7. The van der Waals surface area contributed by atoms with E-state index in [0.717, 1.165) is 12.1 Å². The molecule has 82 valence electrons. The zero-order valence-corrected chi connectivity index (χ0v) is 7.59. The fraction of sp³-hybridized carbons (Fsp3) is 0.300. The average Bonchev–Trinajstić information content (AvgIpc) is 2.12. The molecule has 0 spiro atoms. The van der Waals surface area contributed by atoms with Gasteiger partial charge in [0.05, 0.1) is 0 Å². The number of aldehydes is 1. The van der Waals surface area contributed by atoms with Gasteiger partial charge in [-0.25, -0.2) is 4.39 Å². The Bertz CT molecular complexity index is 346. The standard InChI is InChI=1S/C10H8F4O/c11-9-3-1-2-7(5-9)4-8(6-15)10(12,13)14/h1-3,5-6,8H,4H2. The molecule has 0 fully saturated rings. The lowest BCUT2D eigenvalue weighted by Gasteiger charge is -2.13. The van der Waals surface area contributed by atoms with E-state index in [1.807, 2.05) is 0 Å². The molecule has 1 aromatic rings. The van der Waals surface area contributed by atoms with Crippen molar-refractivity contribution < 1.29 is 22.4 Å². The second kappa shape index (κ2) is 4.42. The molecule has 0 saturated carbocycles. The molecule has 1 rings (SSSR count). The fourth-order valence-electron chi connectivity index (χ4n) is 1.16. The Morgan fingerprint density at radius 3 is 2.47 bits per heavy atom. The number of hydrogen-bond donors (Lipinski definition) is 0. The highest BCUT2D eigenvalue weighted by atomic mass is 19.4. The second-order valence-corrected chi connectivity index (χ2v) is 3.12. The van der Waals surface area contributed by atoms with Gasteiger partial charge >= 0.3 is 6.18 Å². The normalized spacial score (nSPS) is 13.6. The molecular formula is C10H8F4O. The van der Waals surface area contributed by atoms with Crippen molar-refractivity contribution in [2.75, 3.05) is 0 Å². The van der Waals surface area contributed by atoms with Crippen LogP contribution in [0.2, 0.25) is 0 Å². The van der Waals surface area contributed by atoms with E-state index in [4.69, 9.17) is 0 Å². The number of rotatable bonds is 3. The third-order valence-electron chi connectivity index (χ3n) is 1.93. The van der Waals surface area contributed by atoms with Gasteiger partial charge in [0.15, 0.2) is 0 Å². The van der Waals surface area contributed by atoms with Crippen LogP contribution < -0.4 is 0 Å². The maximum absolute atomic E-state index is 12.6. The van der Waals surface area contributed by atoms with Crippen LogP contribution in [-0.4, -0.2) is 12.5 Å². The molecule has 1 aromatic carbocycles. The molecule has 0 aromatic heterocycles. The zero-order valence-electron chi connectivity index (χ0n) is 7.59. The molecule has 0 amide bonds. The number of carbonyl (C=O) groups is 1. The molecule has 0 heterocycles. The maximum Gasteiger partial charge on any atom is 0.398 e. The largest absolute Gasteiger partial charge is 0.398 e. The van der Waals surface area contributed by atoms with Crippen molar-refractivity contribution in [2.45, 2.75) is 12.6 Å². The van der Waals surface area contributed by atoms with Crippen LogP contribution in [0.3, 0.4) is 0 Å². The number of carbonyl (C=O) groups excluding carboxylic acids is 1. The fourth-order valence-corrected chi connectivity index (χ4v) is 1.16. The van der Waals surface area contributed by atoms with Gasteiger partial charge in [0, 0.05) is 0 Å². The van der Waals surface area contributed by atoms with E-state index in [1.165, 1.54) is 12.1 Å². The first-order valence-corrected chi connectivity index (χ1v) is 4.20. The first-order chi connectivity index (χ1) is 6.93. The van der Waals surface area contributed by atoms with E-state index in [-0.39, 0.29) is 11.8 Å². The van der Waals surface area contributed by atoms with Gasteiger partial charge < -0.3 is 4.79 Å². The van der Waals surface area contributed by atoms with E-state index >= 15 is 0 Å². The summed E-state index contributed by atoms with van der Waals surface area (Å²) in [6.07, 6.45) is -5.26. The Labute approximate surface area is 83.7 Å². The van der Waals surface area contributed by atoms with Crippen molar-refractivity contribution >= 4 is 6.29 Å². The summed E-state index contributed by atoms with van der Waals surface area (Å²) in [5, 5.41) is 0. The van der Waals surface area contributed by atoms with Crippen LogP contribution in [-0.2, 0) is 11.2 Å². The molecule has 0 N–H and O–H groups in total. The van der Waals surface area contributed by atoms with Crippen LogP contribution in [0.15, 0.2) is 24.3 Å². The SMILES string of the molecule is O=CC(Cc1cccc(F)c1)C(F)(F)F. The predicted octanol–water partition coefficient (Wildman–Crippen LogP) is 2.75. The Balaban J connectivity index is 2.80. The lowest BCUT2D eigenvalue weighted by molar-refractivity contribution is -0.174. The number of alkyl halides is 3. The molecule has 15 heavy (non-hydrogen) atoms. The monoisotopic (exact) mass is 220 g/mol. The van der Waals surface area contributed by atoms with Crippen LogP contribution in [0.1, 0.15) is 5.56 Å². The van der Waals surface area contributed by atoms with Crippen LogP contribution in [0, 0.1) is 11.7 Å². The third-order valence-corrected chi connectivity index (χ3v) is 1.93. The Morgan fingerprint density at radius 1 is 1.33 bits per heavy atom. The van der Waals surface area contributed by atoms with E-state index < -0.39 is 24.3 Å². The molecule has 0 saturated heterocycles. The molecular weight excluding hydrogens is 212 g/mol. The third kappa shape index (κ3) is 3.34. The zero-order chi connectivity index (χ0) is 11.5. The minimum absolute atomic E-state index is 0.157. The van der Waals surface area contributed by atoms with Gasteiger partial charge in [0.2, 0.25) is 0 Å². The summed E-state index contributed by atoms with van der Waals surface area (Å²) < 4.78 is 49.2. The first-order valence-electron chi connectivity index (χ1n) is 4.20. The molecule has 1 atom stereocenters. The Morgan fingerprint density at radius 2 is 2.00 bits per heavy atom. The molecule has 0 aliphatic carbocycles. The summed E-state index contributed by atoms with van der Waals surface area (Å²) in [5.74, 6) is -2.68. The van der Waals surface area contributed by atoms with Crippen LogP contribution >= 0.6 is 0 Å². The van der Waals surface area contributed by atoms with Crippen LogP contribution in [0.5, 0.6) is 0 Å². The molecule has 0 aliphatic heterocycles. The molecule has 5 heteroatoms. The van der Waals surface area contributed by atoms with Gasteiger partial charge in [-0.2, -0.15) is 13.2 Å². The summed E-state index contributed by atoms with van der Waals surface area (Å²) in [4.78, 5) is 10.2. The predicted molar refractivity (Wildman–Crippen MR) is 45.7 cm³/mol. The van der Waals surface area contributed by atoms with Crippen molar-refractivity contribution in [3.05, 3.63) is 35.6 Å². The van der Waals surface area contributed by atoms with Crippen molar-refractivity contribution in [1.29, 1.82) is 0 Å². The lowest BCUT2D eigenvalue weighted by atomic mass is 10.0. The summed E-state index contributed by atoms with van der Waals surface area (Å²) in [6.45, 7) is 0. The van der Waals surface area contributed by atoms with Crippen molar-refractivity contribution in [1.82, 2.24) is 0 Å². The van der Waals surface area contributed by atoms with Crippen molar-refractivity contribution in [2.24, 2.45) is 5.92 Å². The topological polar surface area (TPSA) is 17.1 Å². The second-order valence-electron chi connectivity index (χ2n) is 3.12. The van der Waals surface area contributed by atoms with Gasteiger partial charge in [-0.1, -0.05) is 12.1 Å². The van der Waals surface area contributed by atoms with Crippen molar-refractivity contribution in [3.63, 3.8) is 0 Å². The molecule has 0 aliphatic rings. The van der Waals surface area contributed by atoms with Crippen molar-refractivity contribution in [3.8, 4) is 0 Å². The lowest BCUT2D eigenvalue weighted by Crippen LogP contribution is -2.26. The highest BCUT2D eigenvalue weighted by Crippen LogP contribution is 2.27. The van der Waals surface area contributed by atoms with E-state index in [0.29, 0.717) is 0 Å². The number of benzene rings is 1. The van der Waals surface area contributed by atoms with Gasteiger partial charge in [0.25, 0.3) is 0 Å². The minimum Gasteiger partial charge on any atom is -0.303 e. The molecule has 1 unspecified atom stereocenters. The minimum atomic E-state index is -4.58. The highest BCUT2D eigenvalue weighted by molar-refractivity contribution is 5.55. The quantitative estimate of drug-likeness (QED) is 0.565. The number of halogens is 4. The molecule has 1 nitrogen and oxygen atoms in total. The van der Waals surface area contributed by atoms with E-state index in [2.05, 4.69) is 0 Å². The highest BCUT2D eigenvalue weighted by Gasteiger charge is 2.39. The van der Waals surface area contributed by atoms with Gasteiger partial charge in [0.1, 0.15) is 18.0 Å². The van der Waals surface area contributed by atoms with Crippen LogP contribution in [0.25, 0.3) is 0 Å². The maximum atomic E-state index is 12.6. The molecule has 0 radical (unpaired) electrons. The van der Waals surface area contributed by atoms with E-state index in [1.54, 1.807) is 0 Å². The van der Waals surface area contributed by atoms with Gasteiger partial charge in [-0.15, -0.1) is 0 Å². The average molecular weight is 220 g/mol. The van der Waals surface area contributed by atoms with Gasteiger partial charge in [-0.05, 0) is 24.1 Å². The summed E-state index contributed by atoms with van der Waals surface area (Å²) >= 11 is 0. The number of hydrogen-bond acceptors (Lipinski definition) is 1. The van der Waals surface area contributed by atoms with E-state index in [9.17, 15) is 22.4 Å². The smallest absolute Gasteiger partial charge is 0.303 e. The Kier molecular flexibility index (Phi) is 3.44. The van der Waals surface area contributed by atoms with Crippen LogP contribution in [0.4, 0.5) is 17.6 Å². The summed E-state index contributed by atoms with van der Waals surface area (Å²) in [5.41, 5.74) is 0.157. The summed E-state index contributed by atoms with van der Waals surface area (Å²) in [6, 6.07) is 4.78. The molecule has 0 bridgehead atoms.